The Morgan fingerprint density at radius 1 is 1.07 bits per heavy atom. The summed E-state index contributed by atoms with van der Waals surface area (Å²) in [6, 6.07) is 13.5. The molecule has 1 atom stereocenters. The zero-order chi connectivity index (χ0) is 20.4. The maximum absolute atomic E-state index is 14.6. The fourth-order valence-electron chi connectivity index (χ4n) is 3.83. The van der Waals surface area contributed by atoms with E-state index in [9.17, 15) is 14.0 Å². The van der Waals surface area contributed by atoms with Crippen LogP contribution in [0.4, 0.5) is 21.5 Å². The van der Waals surface area contributed by atoms with Gasteiger partial charge in [-0.2, -0.15) is 5.10 Å². The van der Waals surface area contributed by atoms with Gasteiger partial charge in [-0.15, -0.1) is 0 Å². The van der Waals surface area contributed by atoms with Gasteiger partial charge in [-0.05, 0) is 44.0 Å². The van der Waals surface area contributed by atoms with Crippen molar-refractivity contribution < 1.29 is 14.0 Å². The van der Waals surface area contributed by atoms with E-state index in [4.69, 9.17) is 0 Å². The molecule has 1 fully saturated rings. The van der Waals surface area contributed by atoms with Gasteiger partial charge in [0.05, 0.1) is 11.4 Å². The molecule has 0 aliphatic carbocycles. The molecule has 0 spiro atoms. The molecule has 2 aliphatic heterocycles. The standard InChI is InChI=1S/C22H23FN4O2/c1-15(28)20-14-18(25-27(20)16-8-3-2-4-9-16)22(29)24-21-17(23)10-7-11-19(21)26-12-5-6-13-26/h2-4,7-11,20H,5-6,12-14H2,1H3,(H,24,29). The SMILES string of the molecule is CC(=O)C1CC(C(=O)Nc2c(F)cccc2N2CCCC2)=NN1c1ccccc1. The van der Waals surface area contributed by atoms with E-state index in [0.29, 0.717) is 5.69 Å². The van der Waals surface area contributed by atoms with E-state index in [1.54, 1.807) is 11.1 Å². The second-order valence-electron chi connectivity index (χ2n) is 7.34. The molecule has 7 heteroatoms. The van der Waals surface area contributed by atoms with Crippen LogP contribution < -0.4 is 15.2 Å². The Bertz CT molecular complexity index is 955. The van der Waals surface area contributed by atoms with Crippen molar-refractivity contribution in [2.45, 2.75) is 32.2 Å². The minimum atomic E-state index is -0.545. The smallest absolute Gasteiger partial charge is 0.272 e. The lowest BCUT2D eigenvalue weighted by Crippen LogP contribution is -2.33. The first kappa shape index (κ1) is 19.1. The first-order chi connectivity index (χ1) is 14.0. The molecule has 2 aromatic carbocycles. The van der Waals surface area contributed by atoms with Crippen LogP contribution in [0.3, 0.4) is 0 Å². The summed E-state index contributed by atoms with van der Waals surface area (Å²) < 4.78 is 14.6. The van der Waals surface area contributed by atoms with Gasteiger partial charge in [0.25, 0.3) is 5.91 Å². The minimum absolute atomic E-state index is 0.0796. The highest BCUT2D eigenvalue weighted by atomic mass is 19.1. The number of anilines is 3. The number of ketones is 1. The quantitative estimate of drug-likeness (QED) is 0.842. The summed E-state index contributed by atoms with van der Waals surface area (Å²) in [5, 5.41) is 8.67. The molecule has 0 saturated carbocycles. The summed E-state index contributed by atoms with van der Waals surface area (Å²) in [5.41, 5.74) is 1.79. The number of hydrogen-bond acceptors (Lipinski definition) is 5. The summed E-state index contributed by atoms with van der Waals surface area (Å²) in [5.74, 6) is -1.05. The Kier molecular flexibility index (Phi) is 5.29. The molecule has 1 unspecified atom stereocenters. The van der Waals surface area contributed by atoms with Crippen molar-refractivity contribution in [3.8, 4) is 0 Å². The number of para-hydroxylation sites is 2. The van der Waals surface area contributed by atoms with Gasteiger partial charge in [0.15, 0.2) is 5.78 Å². The third kappa shape index (κ3) is 3.85. The van der Waals surface area contributed by atoms with Crippen LogP contribution in [0.5, 0.6) is 0 Å². The predicted octanol–water partition coefficient (Wildman–Crippen LogP) is 3.59. The van der Waals surface area contributed by atoms with Gasteiger partial charge in [0.1, 0.15) is 23.3 Å². The highest BCUT2D eigenvalue weighted by Gasteiger charge is 2.34. The van der Waals surface area contributed by atoms with Gasteiger partial charge >= 0.3 is 0 Å². The van der Waals surface area contributed by atoms with Gasteiger partial charge in [-0.1, -0.05) is 24.3 Å². The van der Waals surface area contributed by atoms with Crippen LogP contribution in [-0.4, -0.2) is 36.5 Å². The fraction of sp³-hybridized carbons (Fsp3) is 0.318. The van der Waals surface area contributed by atoms with Crippen molar-refractivity contribution in [1.82, 2.24) is 0 Å². The zero-order valence-electron chi connectivity index (χ0n) is 16.3. The summed E-state index contributed by atoms with van der Waals surface area (Å²) in [4.78, 5) is 27.1. The van der Waals surface area contributed by atoms with E-state index in [-0.39, 0.29) is 23.6 Å². The van der Waals surface area contributed by atoms with Crippen molar-refractivity contribution >= 4 is 34.5 Å². The molecule has 1 N–H and O–H groups in total. The molecule has 150 valence electrons. The number of benzene rings is 2. The van der Waals surface area contributed by atoms with Crippen LogP contribution in [0.2, 0.25) is 0 Å². The molecule has 0 radical (unpaired) electrons. The van der Waals surface area contributed by atoms with E-state index in [1.807, 2.05) is 36.4 Å². The largest absolute Gasteiger partial charge is 0.370 e. The molecule has 29 heavy (non-hydrogen) atoms. The minimum Gasteiger partial charge on any atom is -0.370 e. The number of nitrogens with zero attached hydrogens (tertiary/aromatic N) is 3. The number of hydrazone groups is 1. The third-order valence-electron chi connectivity index (χ3n) is 5.34. The van der Waals surface area contributed by atoms with Crippen molar-refractivity contribution in [2.24, 2.45) is 5.10 Å². The fourth-order valence-corrected chi connectivity index (χ4v) is 3.83. The predicted molar refractivity (Wildman–Crippen MR) is 112 cm³/mol. The first-order valence-corrected chi connectivity index (χ1v) is 9.81. The summed E-state index contributed by atoms with van der Waals surface area (Å²) in [6.45, 7) is 3.16. The lowest BCUT2D eigenvalue weighted by molar-refractivity contribution is -0.118. The van der Waals surface area contributed by atoms with E-state index in [1.165, 1.54) is 13.0 Å². The van der Waals surface area contributed by atoms with Crippen molar-refractivity contribution in [1.29, 1.82) is 0 Å². The lowest BCUT2D eigenvalue weighted by atomic mass is 10.1. The summed E-state index contributed by atoms with van der Waals surface area (Å²) in [6.07, 6.45) is 2.27. The van der Waals surface area contributed by atoms with Gasteiger partial charge in [0.2, 0.25) is 0 Å². The number of halogens is 1. The number of amides is 1. The molecule has 0 aromatic heterocycles. The second-order valence-corrected chi connectivity index (χ2v) is 7.34. The highest BCUT2D eigenvalue weighted by molar-refractivity contribution is 6.44. The second kappa shape index (κ2) is 8.03. The normalized spacial score (nSPS) is 18.7. The molecular formula is C22H23FN4O2. The molecule has 4 rings (SSSR count). The number of rotatable bonds is 5. The maximum atomic E-state index is 14.6. The molecule has 2 aromatic rings. The van der Waals surface area contributed by atoms with Gasteiger partial charge in [-0.3, -0.25) is 14.6 Å². The average Bonchev–Trinajstić information content (AvgIpc) is 3.40. The van der Waals surface area contributed by atoms with Crippen LogP contribution >= 0.6 is 0 Å². The molecule has 1 amide bonds. The molecule has 0 bridgehead atoms. The van der Waals surface area contributed by atoms with Gasteiger partial charge in [-0.25, -0.2) is 4.39 Å². The highest BCUT2D eigenvalue weighted by Crippen LogP contribution is 2.32. The number of nitrogens with one attached hydrogen (secondary N) is 1. The average molecular weight is 394 g/mol. The van der Waals surface area contributed by atoms with Crippen LogP contribution in [-0.2, 0) is 9.59 Å². The summed E-state index contributed by atoms with van der Waals surface area (Å²) >= 11 is 0. The van der Waals surface area contributed by atoms with Crippen LogP contribution in [0.1, 0.15) is 26.2 Å². The van der Waals surface area contributed by atoms with Gasteiger partial charge < -0.3 is 10.2 Å². The third-order valence-corrected chi connectivity index (χ3v) is 5.34. The molecule has 1 saturated heterocycles. The Morgan fingerprint density at radius 2 is 1.79 bits per heavy atom. The van der Waals surface area contributed by atoms with Crippen LogP contribution in [0.15, 0.2) is 53.6 Å². The van der Waals surface area contributed by atoms with Gasteiger partial charge in [0, 0.05) is 19.5 Å². The number of Topliss-reactive ketones (excluding diaryl/α,β-unsaturated/α-hetero) is 1. The van der Waals surface area contributed by atoms with Crippen molar-refractivity contribution in [3.63, 3.8) is 0 Å². The van der Waals surface area contributed by atoms with Crippen LogP contribution in [0.25, 0.3) is 0 Å². The Morgan fingerprint density at radius 3 is 2.48 bits per heavy atom. The Hall–Kier alpha value is -3.22. The molecule has 6 nitrogen and oxygen atoms in total. The summed E-state index contributed by atoms with van der Waals surface area (Å²) in [7, 11) is 0. The lowest BCUT2D eigenvalue weighted by Gasteiger charge is -2.21. The first-order valence-electron chi connectivity index (χ1n) is 9.81. The van der Waals surface area contributed by atoms with Crippen LogP contribution in [0, 0.1) is 5.82 Å². The molecule has 2 heterocycles. The van der Waals surface area contributed by atoms with E-state index < -0.39 is 17.8 Å². The number of carbonyl (C=O) groups excluding carboxylic acids is 2. The van der Waals surface area contributed by atoms with Crippen molar-refractivity contribution in [2.75, 3.05) is 28.3 Å². The zero-order valence-corrected chi connectivity index (χ0v) is 16.3. The van der Waals surface area contributed by atoms with E-state index in [2.05, 4.69) is 15.3 Å². The monoisotopic (exact) mass is 394 g/mol. The number of hydrogen-bond donors (Lipinski definition) is 1. The van der Waals surface area contributed by atoms with Crippen molar-refractivity contribution in [3.05, 3.63) is 54.3 Å². The topological polar surface area (TPSA) is 65.0 Å². The Labute approximate surface area is 169 Å². The number of carbonyl (C=O) groups is 2. The van der Waals surface area contributed by atoms with E-state index >= 15 is 0 Å². The maximum Gasteiger partial charge on any atom is 0.272 e. The molecule has 2 aliphatic rings. The molecular weight excluding hydrogens is 371 g/mol. The Balaban J connectivity index is 1.60. The van der Waals surface area contributed by atoms with E-state index in [0.717, 1.165) is 31.6 Å².